The molecule has 4 heteroatoms. The Morgan fingerprint density at radius 1 is 1.00 bits per heavy atom. The molecular weight excluding hydrogens is 266 g/mol. The summed E-state index contributed by atoms with van der Waals surface area (Å²) in [5, 5.41) is 1.41. The number of hydrogen-bond donors (Lipinski definition) is 0. The molecule has 0 fully saturated rings. The van der Waals surface area contributed by atoms with Gasteiger partial charge in [0.2, 0.25) is 0 Å². The van der Waals surface area contributed by atoms with E-state index in [1.54, 1.807) is 36.5 Å². The molecule has 0 saturated carbocycles. The van der Waals surface area contributed by atoms with Crippen molar-refractivity contribution in [2.24, 2.45) is 0 Å². The number of furan rings is 1. The molecule has 2 aromatic rings. The van der Waals surface area contributed by atoms with Gasteiger partial charge in [0.15, 0.2) is 5.43 Å². The second-order valence-electron chi connectivity index (χ2n) is 4.81. The van der Waals surface area contributed by atoms with Gasteiger partial charge in [0.05, 0.1) is 11.1 Å². The van der Waals surface area contributed by atoms with Crippen molar-refractivity contribution in [2.45, 2.75) is 0 Å². The third-order valence-corrected chi connectivity index (χ3v) is 3.52. The summed E-state index contributed by atoms with van der Waals surface area (Å²) in [7, 11) is 0. The van der Waals surface area contributed by atoms with Crippen LogP contribution in [0.3, 0.4) is 0 Å². The van der Waals surface area contributed by atoms with Crippen molar-refractivity contribution in [3.63, 3.8) is 0 Å². The number of hydrogen-bond acceptors (Lipinski definition) is 4. The topological polar surface area (TPSA) is 60.2 Å². The largest absolute Gasteiger partial charge is 0.422 e. The van der Waals surface area contributed by atoms with E-state index in [0.717, 1.165) is 0 Å². The zero-order valence-corrected chi connectivity index (χ0v) is 10.9. The lowest BCUT2D eigenvalue weighted by Gasteiger charge is -2.00. The Labute approximate surface area is 118 Å². The number of nitrogens with zero attached hydrogens (tertiary/aromatic N) is 1. The molecule has 0 unspecified atom stereocenters. The van der Waals surface area contributed by atoms with Gasteiger partial charge in [0.1, 0.15) is 5.76 Å². The van der Waals surface area contributed by atoms with Crippen molar-refractivity contribution in [1.29, 1.82) is 0 Å². The summed E-state index contributed by atoms with van der Waals surface area (Å²) in [6, 6.07) is 12.1. The van der Waals surface area contributed by atoms with Gasteiger partial charge in [-0.1, -0.05) is 18.2 Å². The van der Waals surface area contributed by atoms with Crippen LogP contribution < -0.4 is 16.3 Å². The van der Waals surface area contributed by atoms with Gasteiger partial charge in [0.25, 0.3) is 0 Å². The highest BCUT2D eigenvalue weighted by atomic mass is 16.4. The van der Waals surface area contributed by atoms with Crippen LogP contribution >= 0.6 is 0 Å². The standard InChI is InChI=1S/C17H9NO3/c19-16-10(8-11-4-1-2-7-18-11)9-14-15-12(16)5-3-6-13(15)17(20)21-14/h1-9H/b10-8+. The monoisotopic (exact) mass is 275 g/mol. The normalized spacial score (nSPS) is 12.5. The van der Waals surface area contributed by atoms with Crippen LogP contribution in [0, 0.1) is 0 Å². The highest BCUT2D eigenvalue weighted by Gasteiger charge is 2.19. The molecule has 0 N–H and O–H groups in total. The Morgan fingerprint density at radius 3 is 2.67 bits per heavy atom. The second-order valence-corrected chi connectivity index (χ2v) is 4.81. The quantitative estimate of drug-likeness (QED) is 0.530. The molecule has 1 aliphatic heterocycles. The van der Waals surface area contributed by atoms with Crippen LogP contribution in [0.1, 0.15) is 5.69 Å². The molecule has 4 rings (SSSR count). The Kier molecular flexibility index (Phi) is 2.38. The van der Waals surface area contributed by atoms with Gasteiger partial charge in [-0.05, 0) is 30.3 Å². The molecule has 0 bridgehead atoms. The van der Waals surface area contributed by atoms with Crippen LogP contribution in [0.4, 0.5) is 0 Å². The van der Waals surface area contributed by atoms with Crippen molar-refractivity contribution >= 4 is 16.8 Å². The molecule has 0 saturated heterocycles. The fourth-order valence-corrected chi connectivity index (χ4v) is 2.57. The van der Waals surface area contributed by atoms with Crippen LogP contribution in [0.2, 0.25) is 0 Å². The maximum absolute atomic E-state index is 12.5. The summed E-state index contributed by atoms with van der Waals surface area (Å²) in [5.74, 6) is 0.437. The maximum atomic E-state index is 12.5. The predicted octanol–water partition coefficient (Wildman–Crippen LogP) is 1.64. The maximum Gasteiger partial charge on any atom is 0.344 e. The number of benzene rings is 2. The van der Waals surface area contributed by atoms with Crippen LogP contribution in [-0.2, 0) is 0 Å². The van der Waals surface area contributed by atoms with E-state index in [1.165, 1.54) is 0 Å². The molecule has 1 aromatic carbocycles. The third kappa shape index (κ3) is 1.73. The van der Waals surface area contributed by atoms with Crippen molar-refractivity contribution in [3.8, 4) is 11.3 Å². The van der Waals surface area contributed by atoms with E-state index in [4.69, 9.17) is 4.42 Å². The summed E-state index contributed by atoms with van der Waals surface area (Å²) in [6.45, 7) is 0. The Balaban J connectivity index is 2.16. The molecule has 0 spiro atoms. The highest BCUT2D eigenvalue weighted by molar-refractivity contribution is 5.95. The number of pyridine rings is 1. The van der Waals surface area contributed by atoms with E-state index in [1.807, 2.05) is 18.2 Å². The average Bonchev–Trinajstić information content (AvgIpc) is 2.83. The summed E-state index contributed by atoms with van der Waals surface area (Å²) in [6.07, 6.45) is 3.35. The fraction of sp³-hybridized carbons (Fsp3) is 0. The Hall–Kier alpha value is -3.01. The molecule has 2 heterocycles. The zero-order chi connectivity index (χ0) is 14.4. The van der Waals surface area contributed by atoms with Crippen LogP contribution in [-0.4, -0.2) is 4.98 Å². The van der Waals surface area contributed by atoms with Gasteiger partial charge >= 0.3 is 5.63 Å². The van der Waals surface area contributed by atoms with E-state index in [9.17, 15) is 9.59 Å². The molecule has 1 aromatic heterocycles. The van der Waals surface area contributed by atoms with Gasteiger partial charge in [-0.3, -0.25) is 9.78 Å². The second kappa shape index (κ2) is 4.24. The lowest BCUT2D eigenvalue weighted by Crippen LogP contribution is -2.25. The van der Waals surface area contributed by atoms with E-state index in [2.05, 4.69) is 4.98 Å². The lowest BCUT2D eigenvalue weighted by atomic mass is 10.0. The first kappa shape index (κ1) is 11.8. The predicted molar refractivity (Wildman–Crippen MR) is 79.6 cm³/mol. The Morgan fingerprint density at radius 2 is 1.86 bits per heavy atom. The van der Waals surface area contributed by atoms with Crippen molar-refractivity contribution in [1.82, 2.24) is 4.98 Å². The minimum Gasteiger partial charge on any atom is -0.422 e. The number of aromatic nitrogens is 1. The Bertz CT molecular complexity index is 1070. The van der Waals surface area contributed by atoms with Crippen LogP contribution in [0.25, 0.3) is 28.2 Å². The first-order valence-electron chi connectivity index (χ1n) is 6.49. The molecule has 0 radical (unpaired) electrons. The summed E-state index contributed by atoms with van der Waals surface area (Å²) in [4.78, 5) is 28.5. The molecule has 1 aliphatic carbocycles. The molecule has 0 amide bonds. The third-order valence-electron chi connectivity index (χ3n) is 3.52. The average molecular weight is 275 g/mol. The zero-order valence-electron chi connectivity index (χ0n) is 10.9. The van der Waals surface area contributed by atoms with Crippen molar-refractivity contribution in [3.05, 3.63) is 80.2 Å². The first-order valence-corrected chi connectivity index (χ1v) is 6.49. The van der Waals surface area contributed by atoms with Gasteiger partial charge in [0, 0.05) is 22.4 Å². The highest BCUT2D eigenvalue weighted by Crippen LogP contribution is 2.27. The fourth-order valence-electron chi connectivity index (χ4n) is 2.57. The van der Waals surface area contributed by atoms with E-state index >= 15 is 0 Å². The van der Waals surface area contributed by atoms with Gasteiger partial charge in [-0.15, -0.1) is 0 Å². The van der Waals surface area contributed by atoms with Crippen LogP contribution in [0.15, 0.2) is 62.7 Å². The summed E-state index contributed by atoms with van der Waals surface area (Å²) in [5.41, 5.74) is 0.747. The smallest absolute Gasteiger partial charge is 0.344 e. The molecule has 4 nitrogen and oxygen atoms in total. The molecule has 0 atom stereocenters. The minimum absolute atomic E-state index is 0.125. The lowest BCUT2D eigenvalue weighted by molar-refractivity contribution is 0.548. The SMILES string of the molecule is O=c1oc2c/c(=C\c3ccccn3)c(=O)c3cccc1c3-2. The minimum atomic E-state index is -0.412. The number of rotatable bonds is 1. The van der Waals surface area contributed by atoms with Gasteiger partial charge in [-0.2, -0.15) is 0 Å². The van der Waals surface area contributed by atoms with Gasteiger partial charge < -0.3 is 4.42 Å². The van der Waals surface area contributed by atoms with Crippen molar-refractivity contribution < 1.29 is 4.42 Å². The van der Waals surface area contributed by atoms with E-state index < -0.39 is 5.63 Å². The summed E-state index contributed by atoms with van der Waals surface area (Å²) >= 11 is 0. The van der Waals surface area contributed by atoms with E-state index in [0.29, 0.717) is 33.0 Å². The van der Waals surface area contributed by atoms with E-state index in [-0.39, 0.29) is 5.43 Å². The van der Waals surface area contributed by atoms with Crippen molar-refractivity contribution in [2.75, 3.05) is 0 Å². The first-order chi connectivity index (χ1) is 10.2. The summed E-state index contributed by atoms with van der Waals surface area (Å²) < 4.78 is 5.24. The molecular formula is C17H9NO3. The molecule has 2 aliphatic rings. The van der Waals surface area contributed by atoms with Gasteiger partial charge in [-0.25, -0.2) is 4.79 Å². The van der Waals surface area contributed by atoms with Crippen LogP contribution in [0.5, 0.6) is 0 Å². The molecule has 21 heavy (non-hydrogen) atoms. The molecule has 100 valence electrons.